The molecule has 1 atom stereocenters. The average molecular weight is 387 g/mol. The van der Waals surface area contributed by atoms with E-state index in [9.17, 15) is 5.26 Å². The van der Waals surface area contributed by atoms with Crippen molar-refractivity contribution in [1.82, 2.24) is 19.9 Å². The lowest BCUT2D eigenvalue weighted by atomic mass is 10.0. The van der Waals surface area contributed by atoms with Gasteiger partial charge in [-0.2, -0.15) is 5.26 Å². The van der Waals surface area contributed by atoms with E-state index in [2.05, 4.69) is 31.2 Å². The Bertz CT molecular complexity index is 998. The van der Waals surface area contributed by atoms with Crippen molar-refractivity contribution in [1.29, 1.82) is 5.26 Å². The van der Waals surface area contributed by atoms with Gasteiger partial charge in [-0.15, -0.1) is 0 Å². The molecule has 0 radical (unpaired) electrons. The van der Waals surface area contributed by atoms with Crippen LogP contribution in [0.3, 0.4) is 0 Å². The molecular weight excluding hydrogens is 372 g/mol. The monoisotopic (exact) mass is 386 g/mol. The van der Waals surface area contributed by atoms with Crippen molar-refractivity contribution in [3.63, 3.8) is 0 Å². The molecule has 132 valence electrons. The van der Waals surface area contributed by atoms with Gasteiger partial charge in [0, 0.05) is 19.2 Å². The fourth-order valence-corrected chi connectivity index (χ4v) is 4.22. The number of nitrogen functional groups attached to an aromatic ring is 1. The molecule has 1 saturated heterocycles. The number of aromatic nitrogens is 4. The number of nitrogens with zero attached hydrogens (tertiary/aromatic N) is 6. The summed E-state index contributed by atoms with van der Waals surface area (Å²) in [7, 11) is 0. The minimum Gasteiger partial charge on any atom is -0.384 e. The number of fused-ring (bicyclic) bond motifs is 1. The molecule has 4 rings (SSSR count). The summed E-state index contributed by atoms with van der Waals surface area (Å²) in [5, 5.41) is 13.7. The number of pyridine rings is 1. The molecule has 0 aliphatic carbocycles. The minimum atomic E-state index is 0.0333. The van der Waals surface area contributed by atoms with Gasteiger partial charge in [0.15, 0.2) is 10.9 Å². The third-order valence-corrected chi connectivity index (χ3v) is 5.57. The molecule has 26 heavy (non-hydrogen) atoms. The summed E-state index contributed by atoms with van der Waals surface area (Å²) in [6.45, 7) is 1.57. The van der Waals surface area contributed by atoms with Gasteiger partial charge in [0.25, 0.3) is 0 Å². The van der Waals surface area contributed by atoms with Crippen LogP contribution in [0.25, 0.3) is 10.2 Å². The predicted molar refractivity (Wildman–Crippen MR) is 103 cm³/mol. The smallest absolute Gasteiger partial charge is 0.186 e. The number of hydrogen-bond donors (Lipinski definition) is 2. The Morgan fingerprint density at radius 3 is 3.08 bits per heavy atom. The van der Waals surface area contributed by atoms with Crippen LogP contribution in [0.4, 0.5) is 22.6 Å². The number of anilines is 4. The Morgan fingerprint density at radius 2 is 2.27 bits per heavy atom. The molecule has 0 unspecified atom stereocenters. The van der Waals surface area contributed by atoms with Crippen LogP contribution in [0.1, 0.15) is 12.8 Å². The number of nitriles is 1. The van der Waals surface area contributed by atoms with E-state index >= 15 is 0 Å². The van der Waals surface area contributed by atoms with E-state index in [1.54, 1.807) is 12.3 Å². The highest BCUT2D eigenvalue weighted by molar-refractivity contribution is 7.22. The zero-order valence-corrected chi connectivity index (χ0v) is 15.3. The van der Waals surface area contributed by atoms with Gasteiger partial charge >= 0.3 is 0 Å². The second-order valence-electron chi connectivity index (χ2n) is 6.00. The molecule has 4 heterocycles. The van der Waals surface area contributed by atoms with E-state index in [4.69, 9.17) is 22.3 Å². The van der Waals surface area contributed by atoms with Gasteiger partial charge < -0.3 is 16.0 Å². The summed E-state index contributed by atoms with van der Waals surface area (Å²) < 4.78 is 0.837. The number of thiazole rings is 1. The van der Waals surface area contributed by atoms with Crippen LogP contribution in [-0.4, -0.2) is 33.0 Å². The highest BCUT2D eigenvalue weighted by Gasteiger charge is 2.23. The van der Waals surface area contributed by atoms with Crippen molar-refractivity contribution in [3.05, 3.63) is 23.6 Å². The predicted octanol–water partition coefficient (Wildman–Crippen LogP) is 3.20. The Hall–Kier alpha value is -2.70. The lowest BCUT2D eigenvalue weighted by Crippen LogP contribution is -2.34. The van der Waals surface area contributed by atoms with E-state index < -0.39 is 0 Å². The van der Waals surface area contributed by atoms with Gasteiger partial charge in [-0.05, 0) is 12.8 Å². The van der Waals surface area contributed by atoms with E-state index in [1.165, 1.54) is 17.7 Å². The van der Waals surface area contributed by atoms with Gasteiger partial charge in [-0.1, -0.05) is 22.9 Å². The first-order chi connectivity index (χ1) is 12.6. The highest BCUT2D eigenvalue weighted by atomic mass is 35.5. The van der Waals surface area contributed by atoms with Crippen molar-refractivity contribution < 1.29 is 0 Å². The second-order valence-corrected chi connectivity index (χ2v) is 7.38. The molecule has 0 bridgehead atoms. The van der Waals surface area contributed by atoms with E-state index in [1.807, 2.05) is 0 Å². The van der Waals surface area contributed by atoms with Crippen LogP contribution in [0, 0.1) is 17.2 Å². The molecule has 0 amide bonds. The molecule has 0 spiro atoms. The SMILES string of the molecule is N#C[C@@H]1CCCN(c2nc3c(Cl)cnc(Nc4cc(N)ncn4)c3s2)C1. The molecule has 8 nitrogen and oxygen atoms in total. The zero-order valence-electron chi connectivity index (χ0n) is 13.7. The Labute approximate surface area is 158 Å². The minimum absolute atomic E-state index is 0.0333. The normalized spacial score (nSPS) is 17.2. The van der Waals surface area contributed by atoms with Crippen molar-refractivity contribution in [3.8, 4) is 6.07 Å². The lowest BCUT2D eigenvalue weighted by Gasteiger charge is -2.28. The fraction of sp³-hybridized carbons (Fsp3) is 0.312. The summed E-state index contributed by atoms with van der Waals surface area (Å²) in [5.41, 5.74) is 6.39. The van der Waals surface area contributed by atoms with E-state index in [0.29, 0.717) is 34.5 Å². The van der Waals surface area contributed by atoms with Crippen LogP contribution in [0.5, 0.6) is 0 Å². The van der Waals surface area contributed by atoms with Crippen molar-refractivity contribution in [2.75, 3.05) is 29.0 Å². The Kier molecular flexibility index (Phi) is 4.44. The third kappa shape index (κ3) is 3.21. The van der Waals surface area contributed by atoms with Gasteiger partial charge in [0.2, 0.25) is 0 Å². The van der Waals surface area contributed by atoms with Gasteiger partial charge in [0.1, 0.15) is 28.2 Å². The maximum absolute atomic E-state index is 9.21. The molecule has 1 fully saturated rings. The van der Waals surface area contributed by atoms with Crippen molar-refractivity contribution in [2.24, 2.45) is 5.92 Å². The summed E-state index contributed by atoms with van der Waals surface area (Å²) in [4.78, 5) is 19.2. The fourth-order valence-electron chi connectivity index (χ4n) is 2.91. The number of piperidine rings is 1. The molecule has 1 aliphatic rings. The maximum atomic E-state index is 9.21. The maximum Gasteiger partial charge on any atom is 0.186 e. The molecule has 3 N–H and O–H groups in total. The van der Waals surface area contributed by atoms with E-state index in [-0.39, 0.29) is 5.92 Å². The molecule has 3 aromatic heterocycles. The number of hydrogen-bond acceptors (Lipinski definition) is 9. The largest absolute Gasteiger partial charge is 0.384 e. The zero-order chi connectivity index (χ0) is 18.1. The standard InChI is InChI=1S/C16H15ClN8S/c17-10-6-20-15(23-12-4-11(19)21-8-22-12)14-13(10)24-16(26-14)25-3-1-2-9(5-18)7-25/h4,6,8-9H,1-3,7H2,(H3,19,20,21,22,23)/t9-/m0/s1. The van der Waals surface area contributed by atoms with Crippen molar-refractivity contribution in [2.45, 2.75) is 12.8 Å². The van der Waals surface area contributed by atoms with Gasteiger partial charge in [-0.3, -0.25) is 0 Å². The second kappa shape index (κ2) is 6.90. The van der Waals surface area contributed by atoms with Crippen LogP contribution < -0.4 is 16.0 Å². The van der Waals surface area contributed by atoms with E-state index in [0.717, 1.165) is 29.2 Å². The average Bonchev–Trinajstić information content (AvgIpc) is 3.11. The summed E-state index contributed by atoms with van der Waals surface area (Å²) in [5.74, 6) is 1.56. The lowest BCUT2D eigenvalue weighted by molar-refractivity contribution is 0.493. The molecule has 1 aliphatic heterocycles. The topological polar surface area (TPSA) is 117 Å². The van der Waals surface area contributed by atoms with Crippen LogP contribution >= 0.6 is 22.9 Å². The van der Waals surface area contributed by atoms with Gasteiger partial charge in [-0.25, -0.2) is 19.9 Å². The third-order valence-electron chi connectivity index (χ3n) is 4.17. The number of nitrogens with two attached hydrogens (primary N) is 1. The van der Waals surface area contributed by atoms with Crippen LogP contribution in [-0.2, 0) is 0 Å². The first kappa shape index (κ1) is 16.8. The molecule has 10 heteroatoms. The number of rotatable bonds is 3. The van der Waals surface area contributed by atoms with Crippen LogP contribution in [0.15, 0.2) is 18.6 Å². The highest BCUT2D eigenvalue weighted by Crippen LogP contribution is 2.38. The first-order valence-electron chi connectivity index (χ1n) is 8.08. The number of halogens is 1. The molecule has 0 saturated carbocycles. The number of nitrogens with one attached hydrogen (secondary N) is 1. The quantitative estimate of drug-likeness (QED) is 0.704. The summed E-state index contributed by atoms with van der Waals surface area (Å²) >= 11 is 7.80. The van der Waals surface area contributed by atoms with Gasteiger partial charge in [0.05, 0.1) is 23.2 Å². The summed E-state index contributed by atoms with van der Waals surface area (Å²) in [6.07, 6.45) is 4.86. The Balaban J connectivity index is 1.70. The van der Waals surface area contributed by atoms with Crippen molar-refractivity contribution >= 4 is 55.7 Å². The van der Waals surface area contributed by atoms with Crippen LogP contribution in [0.2, 0.25) is 5.02 Å². The molecule has 0 aromatic carbocycles. The first-order valence-corrected chi connectivity index (χ1v) is 9.27. The summed E-state index contributed by atoms with van der Waals surface area (Å²) in [6, 6.07) is 3.99. The Morgan fingerprint density at radius 1 is 1.38 bits per heavy atom. The molecular formula is C16H15ClN8S. The molecule has 3 aromatic rings.